The molecule has 126 valence electrons. The van der Waals surface area contributed by atoms with Crippen molar-refractivity contribution in [1.82, 2.24) is 15.1 Å². The number of nitrogens with one attached hydrogen (secondary N) is 1. The van der Waals surface area contributed by atoms with Crippen LogP contribution in [-0.4, -0.2) is 28.3 Å². The zero-order chi connectivity index (χ0) is 16.7. The molecule has 2 aromatic rings. The smallest absolute Gasteiger partial charge is 0.272 e. The van der Waals surface area contributed by atoms with Gasteiger partial charge >= 0.3 is 0 Å². The Morgan fingerprint density at radius 1 is 1.46 bits per heavy atom. The van der Waals surface area contributed by atoms with Crippen molar-refractivity contribution in [3.8, 4) is 17.0 Å². The summed E-state index contributed by atoms with van der Waals surface area (Å²) in [5.41, 5.74) is 3.14. The first-order chi connectivity index (χ1) is 11.7. The molecular weight excluding hydrogens is 326 g/mol. The van der Waals surface area contributed by atoms with E-state index in [1.165, 1.54) is 0 Å². The van der Waals surface area contributed by atoms with Crippen molar-refractivity contribution < 1.29 is 9.53 Å². The van der Waals surface area contributed by atoms with Crippen molar-refractivity contribution >= 4 is 17.5 Å². The summed E-state index contributed by atoms with van der Waals surface area (Å²) in [6, 6.07) is 6.20. The number of rotatable bonds is 4. The summed E-state index contributed by atoms with van der Waals surface area (Å²) in [4.78, 5) is 12.6. The van der Waals surface area contributed by atoms with Crippen LogP contribution in [0.3, 0.4) is 0 Å². The van der Waals surface area contributed by atoms with Crippen molar-refractivity contribution in [2.24, 2.45) is 0 Å². The number of fused-ring (bicyclic) bond motifs is 1. The third kappa shape index (κ3) is 2.77. The third-order valence-corrected chi connectivity index (χ3v) is 4.86. The molecule has 1 fully saturated rings. The van der Waals surface area contributed by atoms with Gasteiger partial charge in [0.05, 0.1) is 12.2 Å². The van der Waals surface area contributed by atoms with Crippen molar-refractivity contribution in [2.45, 2.75) is 45.2 Å². The van der Waals surface area contributed by atoms with E-state index >= 15 is 0 Å². The minimum atomic E-state index is -0.131. The molecule has 0 radical (unpaired) electrons. The van der Waals surface area contributed by atoms with Crippen molar-refractivity contribution in [1.29, 1.82) is 0 Å². The molecule has 5 nitrogen and oxygen atoms in total. The molecule has 2 heterocycles. The number of nitrogens with zero attached hydrogens (tertiary/aromatic N) is 2. The molecule has 1 saturated carbocycles. The van der Waals surface area contributed by atoms with Crippen LogP contribution in [0.15, 0.2) is 18.2 Å². The SMILES string of the molecule is CCc1ccc(-c2c(C(=O)NC3CC3)nn3c2OCCC3)cc1Cl. The summed E-state index contributed by atoms with van der Waals surface area (Å²) >= 11 is 6.39. The van der Waals surface area contributed by atoms with Crippen molar-refractivity contribution in [3.63, 3.8) is 0 Å². The van der Waals surface area contributed by atoms with Gasteiger partial charge in [-0.3, -0.25) is 4.79 Å². The molecule has 1 aromatic carbocycles. The molecule has 4 rings (SSSR count). The van der Waals surface area contributed by atoms with Crippen LogP contribution in [0.1, 0.15) is 42.2 Å². The van der Waals surface area contributed by atoms with Crippen molar-refractivity contribution in [3.05, 3.63) is 34.5 Å². The molecule has 0 atom stereocenters. The van der Waals surface area contributed by atoms with E-state index in [9.17, 15) is 4.79 Å². The number of ether oxygens (including phenoxy) is 1. The molecule has 1 aromatic heterocycles. The Labute approximate surface area is 145 Å². The maximum atomic E-state index is 12.6. The third-order valence-electron chi connectivity index (χ3n) is 4.51. The Morgan fingerprint density at radius 3 is 3.00 bits per heavy atom. The topological polar surface area (TPSA) is 56.2 Å². The summed E-state index contributed by atoms with van der Waals surface area (Å²) in [5, 5.41) is 8.25. The summed E-state index contributed by atoms with van der Waals surface area (Å²) in [5.74, 6) is 0.538. The highest BCUT2D eigenvalue weighted by Gasteiger charge is 2.31. The van der Waals surface area contributed by atoms with Gasteiger partial charge in [0.15, 0.2) is 5.69 Å². The predicted molar refractivity (Wildman–Crippen MR) is 92.7 cm³/mol. The monoisotopic (exact) mass is 345 g/mol. The summed E-state index contributed by atoms with van der Waals surface area (Å²) in [6.07, 6.45) is 3.86. The molecule has 0 unspecified atom stereocenters. The first kappa shape index (κ1) is 15.5. The van der Waals surface area contributed by atoms with E-state index in [1.807, 2.05) is 18.2 Å². The maximum Gasteiger partial charge on any atom is 0.272 e. The number of hydrogen-bond acceptors (Lipinski definition) is 3. The molecule has 6 heteroatoms. The van der Waals surface area contributed by atoms with E-state index in [1.54, 1.807) is 4.68 Å². The van der Waals surface area contributed by atoms with Gasteiger partial charge in [-0.05, 0) is 36.5 Å². The lowest BCUT2D eigenvalue weighted by molar-refractivity contribution is 0.0945. The molecule has 0 spiro atoms. The average Bonchev–Trinajstić information content (AvgIpc) is 3.31. The number of carbonyl (C=O) groups excluding carboxylic acids is 1. The Morgan fingerprint density at radius 2 is 2.29 bits per heavy atom. The Hall–Kier alpha value is -2.01. The molecule has 0 saturated heterocycles. The quantitative estimate of drug-likeness (QED) is 0.923. The standard InChI is InChI=1S/C18H20ClN3O2/c1-2-11-4-5-12(10-14(11)19)15-16(17(23)20-13-6-7-13)21-22-8-3-9-24-18(15)22/h4-5,10,13H,2-3,6-9H2,1H3,(H,20,23). The largest absolute Gasteiger partial charge is 0.477 e. The summed E-state index contributed by atoms with van der Waals surface area (Å²) < 4.78 is 7.63. The molecule has 0 bridgehead atoms. The van der Waals surface area contributed by atoms with Gasteiger partial charge < -0.3 is 10.1 Å². The lowest BCUT2D eigenvalue weighted by Crippen LogP contribution is -2.26. The Balaban J connectivity index is 1.81. The molecule has 2 aliphatic rings. The van der Waals surface area contributed by atoms with E-state index in [4.69, 9.17) is 16.3 Å². The van der Waals surface area contributed by atoms with Crippen LogP contribution in [-0.2, 0) is 13.0 Å². The average molecular weight is 346 g/mol. The number of aromatic nitrogens is 2. The van der Waals surface area contributed by atoms with Crippen LogP contribution < -0.4 is 10.1 Å². The highest BCUT2D eigenvalue weighted by atomic mass is 35.5. The first-order valence-electron chi connectivity index (χ1n) is 8.50. The van der Waals surface area contributed by atoms with Gasteiger partial charge in [-0.15, -0.1) is 0 Å². The molecule has 1 N–H and O–H groups in total. The molecule has 1 aliphatic heterocycles. The summed E-state index contributed by atoms with van der Waals surface area (Å²) in [7, 11) is 0. The predicted octanol–water partition coefficient (Wildman–Crippen LogP) is 3.44. The van der Waals surface area contributed by atoms with E-state index < -0.39 is 0 Å². The molecular formula is C18H20ClN3O2. The van der Waals surface area contributed by atoms with Crippen LogP contribution >= 0.6 is 11.6 Å². The normalized spacial score (nSPS) is 16.4. The van der Waals surface area contributed by atoms with E-state index in [-0.39, 0.29) is 11.9 Å². The lowest BCUT2D eigenvalue weighted by atomic mass is 10.0. The van der Waals surface area contributed by atoms with Crippen LogP contribution in [0.5, 0.6) is 5.88 Å². The number of carbonyl (C=O) groups is 1. The van der Waals surface area contributed by atoms with Gasteiger partial charge in [-0.25, -0.2) is 4.68 Å². The zero-order valence-corrected chi connectivity index (χ0v) is 14.4. The fourth-order valence-corrected chi connectivity index (χ4v) is 3.33. The second-order valence-electron chi connectivity index (χ2n) is 6.36. The maximum absolute atomic E-state index is 12.6. The Kier molecular flexibility index (Phi) is 3.96. The highest BCUT2D eigenvalue weighted by molar-refractivity contribution is 6.31. The number of halogens is 1. The number of benzene rings is 1. The van der Waals surface area contributed by atoms with Crippen LogP contribution in [0, 0.1) is 0 Å². The molecule has 1 amide bonds. The molecule has 24 heavy (non-hydrogen) atoms. The van der Waals surface area contributed by atoms with Gasteiger partial charge in [0, 0.05) is 24.0 Å². The van der Waals surface area contributed by atoms with Gasteiger partial charge in [-0.2, -0.15) is 5.10 Å². The Bertz CT molecular complexity index is 796. The second kappa shape index (κ2) is 6.13. The zero-order valence-electron chi connectivity index (χ0n) is 13.6. The van der Waals surface area contributed by atoms with Gasteiger partial charge in [-0.1, -0.05) is 30.7 Å². The van der Waals surface area contributed by atoms with Crippen LogP contribution in [0.2, 0.25) is 5.02 Å². The van der Waals surface area contributed by atoms with E-state index in [0.717, 1.165) is 48.9 Å². The second-order valence-corrected chi connectivity index (χ2v) is 6.77. The minimum absolute atomic E-state index is 0.131. The number of amides is 1. The van der Waals surface area contributed by atoms with Gasteiger partial charge in [0.25, 0.3) is 5.91 Å². The van der Waals surface area contributed by atoms with Crippen LogP contribution in [0.4, 0.5) is 0 Å². The minimum Gasteiger partial charge on any atom is -0.477 e. The summed E-state index contributed by atoms with van der Waals surface area (Å²) in [6.45, 7) is 3.48. The molecule has 1 aliphatic carbocycles. The van der Waals surface area contributed by atoms with E-state index in [2.05, 4.69) is 17.3 Å². The van der Waals surface area contributed by atoms with Gasteiger partial charge in [0.2, 0.25) is 5.88 Å². The number of hydrogen-bond donors (Lipinski definition) is 1. The van der Waals surface area contributed by atoms with Crippen molar-refractivity contribution in [2.75, 3.05) is 6.61 Å². The highest BCUT2D eigenvalue weighted by Crippen LogP contribution is 2.37. The lowest BCUT2D eigenvalue weighted by Gasteiger charge is -2.16. The van der Waals surface area contributed by atoms with Crippen LogP contribution in [0.25, 0.3) is 11.1 Å². The van der Waals surface area contributed by atoms with Gasteiger partial charge in [0.1, 0.15) is 0 Å². The fraction of sp³-hybridized carbons (Fsp3) is 0.444. The number of aryl methyl sites for hydroxylation is 2. The first-order valence-corrected chi connectivity index (χ1v) is 8.88. The fourth-order valence-electron chi connectivity index (χ4n) is 3.02. The van der Waals surface area contributed by atoms with E-state index in [0.29, 0.717) is 23.2 Å².